The van der Waals surface area contributed by atoms with Crippen molar-refractivity contribution in [1.29, 1.82) is 5.41 Å². The number of carbonyl (C=O) groups excluding carboxylic acids is 2. The number of amides is 2. The van der Waals surface area contributed by atoms with Crippen molar-refractivity contribution >= 4 is 28.5 Å². The van der Waals surface area contributed by atoms with E-state index in [9.17, 15) is 9.59 Å². The highest BCUT2D eigenvalue weighted by atomic mass is 16.2. The number of carbonyl (C=O) groups is 2. The molecule has 2 amide bonds. The Bertz CT molecular complexity index is 1490. The summed E-state index contributed by atoms with van der Waals surface area (Å²) in [6.45, 7) is 2.07. The quantitative estimate of drug-likeness (QED) is 0.104. The average molecular weight is 577 g/mol. The van der Waals surface area contributed by atoms with Gasteiger partial charge in [-0.15, -0.1) is 0 Å². The molecule has 4 aromatic carbocycles. The van der Waals surface area contributed by atoms with Gasteiger partial charge in [0.15, 0.2) is 5.96 Å². The van der Waals surface area contributed by atoms with E-state index in [1.165, 1.54) is 11.1 Å². The maximum Gasteiger partial charge on any atom is 0.251 e. The molecule has 0 saturated carbocycles. The first kappa shape index (κ1) is 29.8. The van der Waals surface area contributed by atoms with E-state index in [1.54, 1.807) is 0 Å². The van der Waals surface area contributed by atoms with E-state index in [0.717, 1.165) is 10.8 Å². The lowest BCUT2D eigenvalue weighted by molar-refractivity contribution is -0.133. The number of nitrogens with one attached hydrogen (secondary N) is 4. The van der Waals surface area contributed by atoms with E-state index in [0.29, 0.717) is 51.0 Å². The lowest BCUT2D eigenvalue weighted by Crippen LogP contribution is -2.49. The van der Waals surface area contributed by atoms with E-state index >= 15 is 0 Å². The van der Waals surface area contributed by atoms with Gasteiger partial charge in [-0.25, -0.2) is 0 Å². The molecule has 8 nitrogen and oxygen atoms in total. The van der Waals surface area contributed by atoms with Crippen LogP contribution in [0.25, 0.3) is 10.8 Å². The van der Waals surface area contributed by atoms with Crippen LogP contribution in [0.15, 0.2) is 103 Å². The van der Waals surface area contributed by atoms with Gasteiger partial charge in [-0.3, -0.25) is 15.0 Å². The Balaban J connectivity index is 1.30. The highest BCUT2D eigenvalue weighted by molar-refractivity contribution is 5.98. The monoisotopic (exact) mass is 576 g/mol. The number of guanidine groups is 1. The van der Waals surface area contributed by atoms with Crippen molar-refractivity contribution in [2.24, 2.45) is 5.73 Å². The summed E-state index contributed by atoms with van der Waals surface area (Å²) in [5, 5.41) is 19.0. The summed E-state index contributed by atoms with van der Waals surface area (Å²) >= 11 is 0. The fraction of sp³-hybridized carbons (Fsp3) is 0.286. The fourth-order valence-corrected chi connectivity index (χ4v) is 5.80. The Morgan fingerprint density at radius 1 is 0.907 bits per heavy atom. The standard InChI is InChI=1S/C35H40N6O2/c36-35(37)38-20-9-16-32-34(43)41(24-31(26-11-3-1-4-12-26)27-13-5-2-6-14-27)21-19-30(40-32)23-39-33(42)29-18-17-25-10-7-8-15-28(25)22-29/h1-8,10-15,17-18,22,30-32,40H,9,16,19-21,23-24H2,(H,39,42)(H4,36,37,38)/t30?,32-/m0/s1. The fourth-order valence-electron chi connectivity index (χ4n) is 5.80. The van der Waals surface area contributed by atoms with E-state index in [-0.39, 0.29) is 29.7 Å². The van der Waals surface area contributed by atoms with E-state index in [2.05, 4.69) is 40.2 Å². The van der Waals surface area contributed by atoms with Crippen molar-refractivity contribution in [3.8, 4) is 0 Å². The maximum absolute atomic E-state index is 14.0. The van der Waals surface area contributed by atoms with Gasteiger partial charge in [0.2, 0.25) is 5.91 Å². The Hall–Kier alpha value is -4.69. The molecular formula is C35H40N6O2. The van der Waals surface area contributed by atoms with Gasteiger partial charge in [0.25, 0.3) is 5.91 Å². The summed E-state index contributed by atoms with van der Waals surface area (Å²) < 4.78 is 0. The number of nitrogens with zero attached hydrogens (tertiary/aromatic N) is 1. The van der Waals surface area contributed by atoms with E-state index in [1.807, 2.05) is 83.8 Å². The van der Waals surface area contributed by atoms with Gasteiger partial charge in [-0.05, 0) is 53.3 Å². The number of hydrogen-bond acceptors (Lipinski definition) is 4. The Morgan fingerprint density at radius 3 is 2.23 bits per heavy atom. The highest BCUT2D eigenvalue weighted by Crippen LogP contribution is 2.27. The molecule has 222 valence electrons. The van der Waals surface area contributed by atoms with Gasteiger partial charge >= 0.3 is 0 Å². The minimum Gasteiger partial charge on any atom is -0.370 e. The molecule has 0 radical (unpaired) electrons. The predicted molar refractivity (Wildman–Crippen MR) is 172 cm³/mol. The topological polar surface area (TPSA) is 123 Å². The minimum absolute atomic E-state index is 0.0375. The Kier molecular flexibility index (Phi) is 10.0. The second-order valence-electron chi connectivity index (χ2n) is 11.1. The van der Waals surface area contributed by atoms with Crippen molar-refractivity contribution in [1.82, 2.24) is 20.9 Å². The first-order chi connectivity index (χ1) is 21.0. The zero-order valence-electron chi connectivity index (χ0n) is 24.3. The van der Waals surface area contributed by atoms with Crippen LogP contribution in [-0.2, 0) is 4.79 Å². The van der Waals surface area contributed by atoms with Crippen molar-refractivity contribution in [3.05, 3.63) is 120 Å². The summed E-state index contributed by atoms with van der Waals surface area (Å²) in [6, 6.07) is 33.9. The zero-order valence-corrected chi connectivity index (χ0v) is 24.3. The summed E-state index contributed by atoms with van der Waals surface area (Å²) in [4.78, 5) is 29.1. The largest absolute Gasteiger partial charge is 0.370 e. The van der Waals surface area contributed by atoms with Crippen LogP contribution in [0.5, 0.6) is 0 Å². The van der Waals surface area contributed by atoms with Crippen LogP contribution >= 0.6 is 0 Å². The van der Waals surface area contributed by atoms with Gasteiger partial charge in [0.1, 0.15) is 0 Å². The van der Waals surface area contributed by atoms with Crippen molar-refractivity contribution in [3.63, 3.8) is 0 Å². The summed E-state index contributed by atoms with van der Waals surface area (Å²) in [6.07, 6.45) is 1.97. The van der Waals surface area contributed by atoms with Gasteiger partial charge < -0.3 is 26.6 Å². The molecule has 43 heavy (non-hydrogen) atoms. The number of hydrogen-bond donors (Lipinski definition) is 5. The Morgan fingerprint density at radius 2 is 1.56 bits per heavy atom. The highest BCUT2D eigenvalue weighted by Gasteiger charge is 2.32. The number of nitrogens with two attached hydrogens (primary N) is 1. The van der Waals surface area contributed by atoms with Gasteiger partial charge in [0.05, 0.1) is 6.04 Å². The SMILES string of the molecule is N=C(N)NCCC[C@@H]1NC(CNC(=O)c2ccc3ccccc3c2)CCN(CC(c2ccccc2)c2ccccc2)C1=O. The van der Waals surface area contributed by atoms with Crippen LogP contribution in [0, 0.1) is 5.41 Å². The second-order valence-corrected chi connectivity index (χ2v) is 11.1. The normalized spacial score (nSPS) is 17.0. The van der Waals surface area contributed by atoms with Crippen LogP contribution in [0.2, 0.25) is 0 Å². The molecule has 6 N–H and O–H groups in total. The molecule has 1 aliphatic rings. The molecule has 0 aliphatic carbocycles. The van der Waals surface area contributed by atoms with Crippen LogP contribution < -0.4 is 21.7 Å². The maximum atomic E-state index is 14.0. The molecule has 2 atom stereocenters. The van der Waals surface area contributed by atoms with Crippen LogP contribution in [0.4, 0.5) is 0 Å². The van der Waals surface area contributed by atoms with Gasteiger partial charge in [-0.1, -0.05) is 91.0 Å². The molecule has 4 aromatic rings. The van der Waals surface area contributed by atoms with Crippen molar-refractivity contribution in [2.45, 2.75) is 37.3 Å². The van der Waals surface area contributed by atoms with E-state index < -0.39 is 6.04 Å². The summed E-state index contributed by atoms with van der Waals surface area (Å²) in [5.74, 6) is -0.112. The van der Waals surface area contributed by atoms with Crippen LogP contribution in [0.1, 0.15) is 46.7 Å². The van der Waals surface area contributed by atoms with Gasteiger partial charge in [-0.2, -0.15) is 0 Å². The first-order valence-electron chi connectivity index (χ1n) is 15.0. The zero-order chi connectivity index (χ0) is 30.0. The Labute approximate surface area is 253 Å². The molecule has 8 heteroatoms. The van der Waals surface area contributed by atoms with Crippen molar-refractivity contribution in [2.75, 3.05) is 26.2 Å². The molecule has 1 heterocycles. The summed E-state index contributed by atoms with van der Waals surface area (Å²) in [7, 11) is 0. The number of benzene rings is 4. The molecule has 0 spiro atoms. The molecular weight excluding hydrogens is 536 g/mol. The number of rotatable bonds is 11. The molecule has 0 aromatic heterocycles. The first-order valence-corrected chi connectivity index (χ1v) is 15.0. The average Bonchev–Trinajstić information content (AvgIpc) is 3.19. The third-order valence-electron chi connectivity index (χ3n) is 8.11. The molecule has 1 saturated heterocycles. The lowest BCUT2D eigenvalue weighted by atomic mass is 9.90. The smallest absolute Gasteiger partial charge is 0.251 e. The molecule has 1 fully saturated rings. The van der Waals surface area contributed by atoms with Crippen LogP contribution in [0.3, 0.4) is 0 Å². The molecule has 5 rings (SSSR count). The predicted octanol–water partition coefficient (Wildman–Crippen LogP) is 4.22. The van der Waals surface area contributed by atoms with Crippen LogP contribution in [-0.4, -0.2) is 60.9 Å². The minimum atomic E-state index is -0.411. The molecule has 1 aliphatic heterocycles. The third-order valence-corrected chi connectivity index (χ3v) is 8.11. The molecule has 1 unspecified atom stereocenters. The van der Waals surface area contributed by atoms with Gasteiger partial charge in [0, 0.05) is 43.7 Å². The third kappa shape index (κ3) is 7.99. The number of fused-ring (bicyclic) bond motifs is 1. The summed E-state index contributed by atoms with van der Waals surface area (Å²) in [5.41, 5.74) is 8.41. The van der Waals surface area contributed by atoms with Crippen molar-refractivity contribution < 1.29 is 9.59 Å². The molecule has 0 bridgehead atoms. The lowest BCUT2D eigenvalue weighted by Gasteiger charge is -2.29. The second kappa shape index (κ2) is 14.5. The van der Waals surface area contributed by atoms with E-state index in [4.69, 9.17) is 11.1 Å².